The maximum absolute atomic E-state index is 13.2. The molecule has 3 rings (SSSR count). The number of nitrogens with zero attached hydrogens (tertiary/aromatic N) is 2. The molecule has 1 N–H and O–H groups in total. The van der Waals surface area contributed by atoms with Crippen molar-refractivity contribution in [3.63, 3.8) is 0 Å². The molecule has 7 heteroatoms. The largest absolute Gasteiger partial charge is 0.349 e. The Morgan fingerprint density at radius 2 is 1.71 bits per heavy atom. The summed E-state index contributed by atoms with van der Waals surface area (Å²) in [6, 6.07) is 13.5. The van der Waals surface area contributed by atoms with Gasteiger partial charge < -0.3 is 10.2 Å². The Kier molecular flexibility index (Phi) is 7.68. The Morgan fingerprint density at radius 3 is 2.32 bits per heavy atom. The highest BCUT2D eigenvalue weighted by Crippen LogP contribution is 2.24. The fraction of sp³-hybridized carbons (Fsp3) is 0.417. The number of hydrogen-bond acceptors (Lipinski definition) is 3. The SMILES string of the molecule is CC(=O)NC(CC(=O)N1C[C@@H](C)N(Cc2ccc(F)cc2)C[C@@H]1C)c1ccc(Cl)cc1. The van der Waals surface area contributed by atoms with E-state index in [1.54, 1.807) is 24.3 Å². The molecule has 31 heavy (non-hydrogen) atoms. The van der Waals surface area contributed by atoms with E-state index in [0.29, 0.717) is 18.1 Å². The second kappa shape index (κ2) is 10.2. The average molecular weight is 446 g/mol. The number of benzene rings is 2. The molecule has 1 aliphatic rings. The van der Waals surface area contributed by atoms with Gasteiger partial charge in [0.05, 0.1) is 12.5 Å². The quantitative estimate of drug-likeness (QED) is 0.726. The Hall–Kier alpha value is -2.44. The summed E-state index contributed by atoms with van der Waals surface area (Å²) < 4.78 is 13.2. The highest BCUT2D eigenvalue weighted by Gasteiger charge is 2.33. The zero-order valence-corrected chi connectivity index (χ0v) is 18.9. The molecule has 1 saturated heterocycles. The standard InChI is InChI=1S/C24H29ClFN3O2/c1-16-14-29(17(2)13-28(16)15-19-4-10-22(26)11-5-19)24(31)12-23(27-18(3)30)20-6-8-21(25)9-7-20/h4-11,16-17,23H,12-15H2,1-3H3,(H,27,30)/t16-,17+,23?/m1/s1. The van der Waals surface area contributed by atoms with E-state index in [1.165, 1.54) is 19.1 Å². The predicted octanol–water partition coefficient (Wildman–Crippen LogP) is 4.17. The molecule has 0 aliphatic carbocycles. The van der Waals surface area contributed by atoms with Crippen LogP contribution in [0.2, 0.25) is 5.02 Å². The summed E-state index contributed by atoms with van der Waals surface area (Å²) in [5, 5.41) is 3.49. The molecular formula is C24H29ClFN3O2. The second-order valence-corrected chi connectivity index (χ2v) is 8.75. The Balaban J connectivity index is 1.66. The normalized spacial score (nSPS) is 20.4. The van der Waals surface area contributed by atoms with Crippen molar-refractivity contribution in [2.45, 2.75) is 51.9 Å². The minimum absolute atomic E-state index is 0.00878. The minimum atomic E-state index is -0.401. The molecule has 1 aliphatic heterocycles. The van der Waals surface area contributed by atoms with Crippen molar-refractivity contribution in [2.24, 2.45) is 0 Å². The van der Waals surface area contributed by atoms with Gasteiger partial charge in [-0.3, -0.25) is 14.5 Å². The topological polar surface area (TPSA) is 52.7 Å². The third kappa shape index (κ3) is 6.28. The molecule has 0 aromatic heterocycles. The maximum Gasteiger partial charge on any atom is 0.225 e. The first-order valence-corrected chi connectivity index (χ1v) is 10.9. The first-order valence-electron chi connectivity index (χ1n) is 10.5. The molecule has 1 fully saturated rings. The van der Waals surface area contributed by atoms with Gasteiger partial charge in [-0.2, -0.15) is 0 Å². The Labute approximate surface area is 188 Å². The predicted molar refractivity (Wildman–Crippen MR) is 120 cm³/mol. The third-order valence-electron chi connectivity index (χ3n) is 5.76. The Bertz CT molecular complexity index is 904. The molecule has 2 aromatic rings. The molecule has 5 nitrogen and oxygen atoms in total. The van der Waals surface area contributed by atoms with Crippen LogP contribution in [0.3, 0.4) is 0 Å². The van der Waals surface area contributed by atoms with Crippen LogP contribution in [0.25, 0.3) is 0 Å². The molecule has 0 saturated carbocycles. The number of piperazine rings is 1. The van der Waals surface area contributed by atoms with Crippen LogP contribution >= 0.6 is 11.6 Å². The lowest BCUT2D eigenvalue weighted by molar-refractivity contribution is -0.138. The molecule has 0 radical (unpaired) electrons. The molecular weight excluding hydrogens is 417 g/mol. The molecule has 3 atom stereocenters. The van der Waals surface area contributed by atoms with Crippen molar-refractivity contribution in [1.82, 2.24) is 15.1 Å². The number of carbonyl (C=O) groups excluding carboxylic acids is 2. The van der Waals surface area contributed by atoms with Gasteiger partial charge in [-0.1, -0.05) is 35.9 Å². The van der Waals surface area contributed by atoms with Crippen molar-refractivity contribution >= 4 is 23.4 Å². The van der Waals surface area contributed by atoms with Gasteiger partial charge in [-0.25, -0.2) is 4.39 Å². The van der Waals surface area contributed by atoms with Gasteiger partial charge in [0.1, 0.15) is 5.82 Å². The zero-order chi connectivity index (χ0) is 22.5. The van der Waals surface area contributed by atoms with Crippen molar-refractivity contribution in [3.05, 3.63) is 70.5 Å². The number of rotatable bonds is 6. The van der Waals surface area contributed by atoms with Crippen LogP contribution in [0, 0.1) is 5.82 Å². The van der Waals surface area contributed by atoms with Gasteiger partial charge in [0.25, 0.3) is 0 Å². The number of amides is 2. The van der Waals surface area contributed by atoms with Crippen LogP contribution in [0.15, 0.2) is 48.5 Å². The third-order valence-corrected chi connectivity index (χ3v) is 6.01. The van der Waals surface area contributed by atoms with Crippen LogP contribution in [-0.4, -0.2) is 46.8 Å². The van der Waals surface area contributed by atoms with E-state index in [4.69, 9.17) is 11.6 Å². The molecule has 166 valence electrons. The fourth-order valence-electron chi connectivity index (χ4n) is 4.07. The van der Waals surface area contributed by atoms with Crippen LogP contribution in [-0.2, 0) is 16.1 Å². The molecule has 0 spiro atoms. The molecule has 2 amide bonds. The van der Waals surface area contributed by atoms with Gasteiger partial charge in [0.15, 0.2) is 0 Å². The number of carbonyl (C=O) groups is 2. The van der Waals surface area contributed by atoms with Crippen LogP contribution in [0.5, 0.6) is 0 Å². The summed E-state index contributed by atoms with van der Waals surface area (Å²) in [5.41, 5.74) is 1.90. The maximum atomic E-state index is 13.2. The summed E-state index contributed by atoms with van der Waals surface area (Å²) in [6.07, 6.45) is 0.191. The highest BCUT2D eigenvalue weighted by molar-refractivity contribution is 6.30. The first kappa shape index (κ1) is 23.2. The summed E-state index contributed by atoms with van der Waals surface area (Å²) in [4.78, 5) is 29.1. The lowest BCUT2D eigenvalue weighted by Gasteiger charge is -2.44. The van der Waals surface area contributed by atoms with Crippen LogP contribution in [0.1, 0.15) is 44.4 Å². The van der Waals surface area contributed by atoms with E-state index >= 15 is 0 Å². The van der Waals surface area contributed by atoms with Crippen molar-refractivity contribution in [2.75, 3.05) is 13.1 Å². The van der Waals surface area contributed by atoms with Crippen LogP contribution < -0.4 is 5.32 Å². The van der Waals surface area contributed by atoms with Crippen molar-refractivity contribution in [1.29, 1.82) is 0 Å². The van der Waals surface area contributed by atoms with Gasteiger partial charge in [0, 0.05) is 43.7 Å². The molecule has 2 aromatic carbocycles. The number of hydrogen-bond donors (Lipinski definition) is 1. The van der Waals surface area contributed by atoms with E-state index in [0.717, 1.165) is 17.7 Å². The lowest BCUT2D eigenvalue weighted by atomic mass is 10.0. The zero-order valence-electron chi connectivity index (χ0n) is 18.1. The monoisotopic (exact) mass is 445 g/mol. The summed E-state index contributed by atoms with van der Waals surface area (Å²) in [5.74, 6) is -0.414. The highest BCUT2D eigenvalue weighted by atomic mass is 35.5. The summed E-state index contributed by atoms with van der Waals surface area (Å²) >= 11 is 5.98. The summed E-state index contributed by atoms with van der Waals surface area (Å²) in [7, 11) is 0. The Morgan fingerprint density at radius 1 is 1.06 bits per heavy atom. The van der Waals surface area contributed by atoms with E-state index in [9.17, 15) is 14.0 Å². The van der Waals surface area contributed by atoms with E-state index < -0.39 is 6.04 Å². The second-order valence-electron chi connectivity index (χ2n) is 8.31. The lowest BCUT2D eigenvalue weighted by Crippen LogP contribution is -2.58. The first-order chi connectivity index (χ1) is 14.7. The number of nitrogens with one attached hydrogen (secondary N) is 1. The van der Waals surface area contributed by atoms with E-state index in [-0.39, 0.29) is 36.1 Å². The van der Waals surface area contributed by atoms with Gasteiger partial charge in [-0.05, 0) is 49.2 Å². The fourth-order valence-corrected chi connectivity index (χ4v) is 4.20. The van der Waals surface area contributed by atoms with Gasteiger partial charge >= 0.3 is 0 Å². The summed E-state index contributed by atoms with van der Waals surface area (Å²) in [6.45, 7) is 7.64. The molecule has 1 heterocycles. The molecule has 1 unspecified atom stereocenters. The molecule has 0 bridgehead atoms. The van der Waals surface area contributed by atoms with Gasteiger partial charge in [-0.15, -0.1) is 0 Å². The van der Waals surface area contributed by atoms with E-state index in [2.05, 4.69) is 17.1 Å². The smallest absolute Gasteiger partial charge is 0.225 e. The number of halogens is 2. The average Bonchev–Trinajstić information content (AvgIpc) is 2.71. The van der Waals surface area contributed by atoms with Crippen molar-refractivity contribution < 1.29 is 14.0 Å². The minimum Gasteiger partial charge on any atom is -0.349 e. The van der Waals surface area contributed by atoms with E-state index in [1.807, 2.05) is 24.0 Å². The van der Waals surface area contributed by atoms with Gasteiger partial charge in [0.2, 0.25) is 11.8 Å². The van der Waals surface area contributed by atoms with Crippen LogP contribution in [0.4, 0.5) is 4.39 Å². The van der Waals surface area contributed by atoms with Crippen molar-refractivity contribution in [3.8, 4) is 0 Å².